The van der Waals surface area contributed by atoms with Crippen molar-refractivity contribution in [1.29, 1.82) is 0 Å². The van der Waals surface area contributed by atoms with Crippen molar-refractivity contribution < 1.29 is 9.59 Å². The number of quaternary nitrogens is 1. The molecule has 0 spiro atoms. The quantitative estimate of drug-likeness (QED) is 0.541. The zero-order valence-electron chi connectivity index (χ0n) is 15.4. The van der Waals surface area contributed by atoms with Crippen LogP contribution < -0.4 is 0 Å². The normalized spacial score (nSPS) is 19.5. The first-order valence-corrected chi connectivity index (χ1v) is 9.74. The monoisotopic (exact) mass is 318 g/mol. The average Bonchev–Trinajstić information content (AvgIpc) is 2.63. The first-order valence-electron chi connectivity index (χ1n) is 9.74. The van der Waals surface area contributed by atoms with Crippen molar-refractivity contribution in [3.8, 4) is 0 Å². The van der Waals surface area contributed by atoms with Crippen LogP contribution in [0.2, 0.25) is 0 Å². The van der Waals surface area contributed by atoms with Gasteiger partial charge in [-0.1, -0.05) is 49.6 Å². The van der Waals surface area contributed by atoms with Crippen LogP contribution in [0.25, 0.3) is 0 Å². The molecule has 1 saturated carbocycles. The fourth-order valence-corrected chi connectivity index (χ4v) is 4.86. The molecule has 0 aromatic heterocycles. The molecule has 0 unspecified atom stereocenters. The molecule has 2 rings (SSSR count). The summed E-state index contributed by atoms with van der Waals surface area (Å²) in [6, 6.07) is 10.7. The van der Waals surface area contributed by atoms with Gasteiger partial charge in [0.2, 0.25) is 5.72 Å². The number of aliphatic hydroxyl groups is 1. The molecule has 0 amide bonds. The Morgan fingerprint density at radius 2 is 1.52 bits per heavy atom. The van der Waals surface area contributed by atoms with Crippen LogP contribution in [0.3, 0.4) is 0 Å². The van der Waals surface area contributed by atoms with E-state index in [0.717, 1.165) is 37.0 Å². The molecule has 1 aromatic carbocycles. The number of hydrogen-bond acceptors (Lipinski definition) is 1. The fraction of sp³-hybridized carbons (Fsp3) is 0.714. The molecule has 2 nitrogen and oxygen atoms in total. The van der Waals surface area contributed by atoms with Crippen LogP contribution in [0, 0.1) is 5.92 Å². The molecular formula is C21H36NO+. The second-order valence-electron chi connectivity index (χ2n) is 7.29. The molecule has 0 bridgehead atoms. The third-order valence-electron chi connectivity index (χ3n) is 6.52. The van der Waals surface area contributed by atoms with E-state index < -0.39 is 5.72 Å². The second kappa shape index (κ2) is 8.30. The molecule has 1 aliphatic carbocycles. The number of rotatable bonds is 8. The summed E-state index contributed by atoms with van der Waals surface area (Å²) in [5, 5.41) is 12.0. The van der Waals surface area contributed by atoms with Gasteiger partial charge < -0.3 is 5.11 Å². The van der Waals surface area contributed by atoms with Gasteiger partial charge in [0.1, 0.15) is 0 Å². The van der Waals surface area contributed by atoms with E-state index in [4.69, 9.17) is 0 Å². The van der Waals surface area contributed by atoms with Crippen LogP contribution in [0.15, 0.2) is 30.3 Å². The van der Waals surface area contributed by atoms with E-state index in [9.17, 15) is 5.11 Å². The van der Waals surface area contributed by atoms with Crippen molar-refractivity contribution in [3.63, 3.8) is 0 Å². The lowest BCUT2D eigenvalue weighted by Gasteiger charge is -2.53. The van der Waals surface area contributed by atoms with Crippen LogP contribution in [0.1, 0.15) is 64.9 Å². The Bertz CT molecular complexity index is 440. The summed E-state index contributed by atoms with van der Waals surface area (Å²) in [6.07, 6.45) is 8.18. The third kappa shape index (κ3) is 3.80. The first kappa shape index (κ1) is 18.5. The van der Waals surface area contributed by atoms with Crippen molar-refractivity contribution in [2.45, 2.75) is 71.4 Å². The molecule has 23 heavy (non-hydrogen) atoms. The second-order valence-corrected chi connectivity index (χ2v) is 7.29. The maximum absolute atomic E-state index is 12.0. The predicted octanol–water partition coefficient (Wildman–Crippen LogP) is 4.76. The molecular weight excluding hydrogens is 282 g/mol. The highest BCUT2D eigenvalue weighted by molar-refractivity contribution is 5.15. The molecule has 2 heteroatoms. The Hall–Kier alpha value is -0.860. The highest BCUT2D eigenvalue weighted by atomic mass is 16.3. The minimum absolute atomic E-state index is 0.458. The lowest BCUT2D eigenvalue weighted by molar-refractivity contribution is -1.00. The summed E-state index contributed by atoms with van der Waals surface area (Å²) in [5.41, 5.74) is 0.775. The minimum Gasteiger partial charge on any atom is -0.342 e. The average molecular weight is 319 g/mol. The molecule has 0 radical (unpaired) electrons. The summed E-state index contributed by atoms with van der Waals surface area (Å²) in [5.74, 6) is 0.458. The maximum Gasteiger partial charge on any atom is 0.203 e. The highest BCUT2D eigenvalue weighted by Gasteiger charge is 2.51. The lowest BCUT2D eigenvalue weighted by Crippen LogP contribution is -2.68. The molecule has 130 valence electrons. The summed E-state index contributed by atoms with van der Waals surface area (Å²) >= 11 is 0. The minimum atomic E-state index is -0.575. The first-order chi connectivity index (χ1) is 11.1. The molecule has 1 N–H and O–H groups in total. The Morgan fingerprint density at radius 3 is 2.04 bits per heavy atom. The summed E-state index contributed by atoms with van der Waals surface area (Å²) in [6.45, 7) is 9.83. The molecule has 0 saturated heterocycles. The van der Waals surface area contributed by atoms with Crippen molar-refractivity contribution in [2.24, 2.45) is 5.92 Å². The van der Waals surface area contributed by atoms with E-state index in [1.165, 1.54) is 37.7 Å². The molecule has 0 heterocycles. The smallest absolute Gasteiger partial charge is 0.203 e. The van der Waals surface area contributed by atoms with Crippen molar-refractivity contribution in [2.75, 3.05) is 19.6 Å². The van der Waals surface area contributed by atoms with Crippen molar-refractivity contribution >= 4 is 0 Å². The maximum atomic E-state index is 12.0. The predicted molar refractivity (Wildman–Crippen MR) is 98.2 cm³/mol. The van der Waals surface area contributed by atoms with Crippen LogP contribution in [0.4, 0.5) is 0 Å². The topological polar surface area (TPSA) is 20.2 Å². The van der Waals surface area contributed by atoms with Gasteiger partial charge in [0, 0.05) is 12.3 Å². The number of nitrogens with zero attached hydrogens (tertiary/aromatic N) is 1. The lowest BCUT2D eigenvalue weighted by atomic mass is 9.76. The van der Waals surface area contributed by atoms with Gasteiger partial charge in [0.15, 0.2) is 0 Å². The summed E-state index contributed by atoms with van der Waals surface area (Å²) in [4.78, 5) is 0. The van der Waals surface area contributed by atoms with Gasteiger partial charge in [-0.15, -0.1) is 0 Å². The Balaban J connectivity index is 2.25. The fourth-order valence-electron chi connectivity index (χ4n) is 4.86. The highest BCUT2D eigenvalue weighted by Crippen LogP contribution is 2.41. The standard InChI is InChI=1S/C21H36NO/c1-4-22(5-2,6-3)21(23,20-15-11-8-12-16-20)18-17-19-13-9-7-10-14-19/h7,9-10,13-14,20,23H,4-6,8,11-12,15-18H2,1-3H3/q+1/t21-/m0/s1. The molecule has 1 fully saturated rings. The van der Waals surface area contributed by atoms with E-state index in [1.54, 1.807) is 0 Å². The largest absolute Gasteiger partial charge is 0.342 e. The number of hydrogen-bond donors (Lipinski definition) is 1. The third-order valence-corrected chi connectivity index (χ3v) is 6.52. The van der Waals surface area contributed by atoms with Crippen molar-refractivity contribution in [1.82, 2.24) is 0 Å². The van der Waals surface area contributed by atoms with E-state index >= 15 is 0 Å². The Morgan fingerprint density at radius 1 is 0.957 bits per heavy atom. The van der Waals surface area contributed by atoms with E-state index in [1.807, 2.05) is 0 Å². The number of aryl methyl sites for hydroxylation is 1. The zero-order valence-corrected chi connectivity index (χ0v) is 15.4. The molecule has 1 atom stereocenters. The van der Waals surface area contributed by atoms with Crippen LogP contribution in [0.5, 0.6) is 0 Å². The Kier molecular flexibility index (Phi) is 6.67. The van der Waals surface area contributed by atoms with Gasteiger partial charge in [-0.25, -0.2) is 0 Å². The van der Waals surface area contributed by atoms with Gasteiger partial charge in [0.05, 0.1) is 19.6 Å². The summed E-state index contributed by atoms with van der Waals surface area (Å²) in [7, 11) is 0. The number of benzene rings is 1. The van der Waals surface area contributed by atoms with E-state index in [2.05, 4.69) is 51.1 Å². The van der Waals surface area contributed by atoms with Crippen LogP contribution in [-0.4, -0.2) is 34.9 Å². The van der Waals surface area contributed by atoms with E-state index in [0.29, 0.717) is 5.92 Å². The Labute approximate surface area is 143 Å². The van der Waals surface area contributed by atoms with E-state index in [-0.39, 0.29) is 0 Å². The van der Waals surface area contributed by atoms with Crippen LogP contribution in [-0.2, 0) is 6.42 Å². The van der Waals surface area contributed by atoms with Gasteiger partial charge in [0.25, 0.3) is 0 Å². The zero-order chi connectivity index (χ0) is 16.8. The molecule has 0 aliphatic heterocycles. The van der Waals surface area contributed by atoms with Gasteiger partial charge >= 0.3 is 0 Å². The van der Waals surface area contributed by atoms with Gasteiger partial charge in [-0.3, -0.25) is 4.48 Å². The van der Waals surface area contributed by atoms with Crippen LogP contribution >= 0.6 is 0 Å². The van der Waals surface area contributed by atoms with Crippen molar-refractivity contribution in [3.05, 3.63) is 35.9 Å². The molecule has 1 aliphatic rings. The SMILES string of the molecule is CC[N+](CC)(CC)[C@](O)(CCc1ccccc1)C1CCCCC1. The molecule has 1 aromatic rings. The van der Waals surface area contributed by atoms with Gasteiger partial charge in [-0.2, -0.15) is 0 Å². The van der Waals surface area contributed by atoms with Gasteiger partial charge in [-0.05, 0) is 45.6 Å². The summed E-state index contributed by atoms with van der Waals surface area (Å²) < 4.78 is 0.852.